The van der Waals surface area contributed by atoms with Gasteiger partial charge in [-0.15, -0.1) is 0 Å². The second-order valence-electron chi connectivity index (χ2n) is 9.21. The van der Waals surface area contributed by atoms with Crippen LogP contribution in [0.2, 0.25) is 10.0 Å². The van der Waals surface area contributed by atoms with Crippen LogP contribution in [-0.2, 0) is 32.6 Å². The summed E-state index contributed by atoms with van der Waals surface area (Å²) in [7, 11) is -2.49. The van der Waals surface area contributed by atoms with Gasteiger partial charge in [-0.1, -0.05) is 78.7 Å². The molecule has 0 saturated carbocycles. The van der Waals surface area contributed by atoms with Crippen LogP contribution < -0.4 is 14.4 Å². The third kappa shape index (κ3) is 8.36. The minimum atomic E-state index is -3.92. The van der Waals surface area contributed by atoms with Crippen molar-refractivity contribution in [3.05, 3.63) is 94.0 Å². The fraction of sp³-hybridized carbons (Fsp3) is 0.310. The van der Waals surface area contributed by atoms with Crippen LogP contribution in [0, 0.1) is 0 Å². The topological polar surface area (TPSA) is 96.0 Å². The molecular weight excluding hydrogens is 573 g/mol. The molecule has 1 atom stereocenters. The summed E-state index contributed by atoms with van der Waals surface area (Å²) in [4.78, 5) is 29.0. The number of benzene rings is 3. The molecular formula is C29H33Cl2N3O5S. The number of ether oxygens (including phenoxy) is 1. The van der Waals surface area contributed by atoms with Crippen molar-refractivity contribution >= 4 is 50.7 Å². The van der Waals surface area contributed by atoms with Crippen molar-refractivity contribution in [1.82, 2.24) is 10.2 Å². The number of nitrogens with zero attached hydrogens (tertiary/aromatic N) is 2. The highest BCUT2D eigenvalue weighted by molar-refractivity contribution is 7.92. The zero-order chi connectivity index (χ0) is 29.3. The first kappa shape index (κ1) is 31.3. The number of carbonyl (C=O) groups is 2. The van der Waals surface area contributed by atoms with Gasteiger partial charge in [0.1, 0.15) is 18.3 Å². The summed E-state index contributed by atoms with van der Waals surface area (Å²) in [5.74, 6) is -0.629. The molecule has 0 spiro atoms. The number of methoxy groups -OCH3 is 1. The van der Waals surface area contributed by atoms with Crippen molar-refractivity contribution in [3.63, 3.8) is 0 Å². The number of halogens is 2. The molecule has 40 heavy (non-hydrogen) atoms. The lowest BCUT2D eigenvalue weighted by Gasteiger charge is -2.33. The zero-order valence-corrected chi connectivity index (χ0v) is 25.0. The van der Waals surface area contributed by atoms with Gasteiger partial charge in [0.2, 0.25) is 21.8 Å². The molecule has 0 fully saturated rings. The van der Waals surface area contributed by atoms with Gasteiger partial charge < -0.3 is 15.0 Å². The molecule has 8 nitrogen and oxygen atoms in total. The molecule has 214 valence electrons. The van der Waals surface area contributed by atoms with E-state index in [-0.39, 0.29) is 24.6 Å². The van der Waals surface area contributed by atoms with Crippen LogP contribution in [0.1, 0.15) is 24.5 Å². The molecule has 0 aliphatic rings. The fourth-order valence-electron chi connectivity index (χ4n) is 4.19. The molecule has 2 amide bonds. The van der Waals surface area contributed by atoms with Crippen LogP contribution in [0.15, 0.2) is 72.8 Å². The molecule has 0 radical (unpaired) electrons. The third-order valence-corrected chi connectivity index (χ3v) is 8.06. The fourth-order valence-corrected chi connectivity index (χ4v) is 5.36. The van der Waals surface area contributed by atoms with Crippen molar-refractivity contribution in [3.8, 4) is 5.75 Å². The molecule has 1 unspecified atom stereocenters. The molecule has 0 heterocycles. The summed E-state index contributed by atoms with van der Waals surface area (Å²) in [6, 6.07) is 19.9. The quantitative estimate of drug-likeness (QED) is 0.298. The Labute approximate surface area is 245 Å². The Bertz CT molecular complexity index is 1420. The summed E-state index contributed by atoms with van der Waals surface area (Å²) in [6.07, 6.45) is 1.95. The molecule has 3 aromatic rings. The van der Waals surface area contributed by atoms with Crippen LogP contribution in [0.3, 0.4) is 0 Å². The summed E-state index contributed by atoms with van der Waals surface area (Å²) >= 11 is 12.4. The van der Waals surface area contributed by atoms with Gasteiger partial charge in [-0.25, -0.2) is 8.42 Å². The van der Waals surface area contributed by atoms with E-state index in [1.54, 1.807) is 42.5 Å². The lowest BCUT2D eigenvalue weighted by Crippen LogP contribution is -2.53. The predicted octanol–water partition coefficient (Wildman–Crippen LogP) is 4.93. The Balaban J connectivity index is 2.08. The van der Waals surface area contributed by atoms with Crippen molar-refractivity contribution in [2.24, 2.45) is 0 Å². The third-order valence-electron chi connectivity index (χ3n) is 6.19. The summed E-state index contributed by atoms with van der Waals surface area (Å²) < 4.78 is 32.2. The molecule has 0 aliphatic heterocycles. The van der Waals surface area contributed by atoms with Gasteiger partial charge in [0.15, 0.2) is 0 Å². The van der Waals surface area contributed by atoms with Crippen LogP contribution in [0.5, 0.6) is 5.75 Å². The second kappa shape index (κ2) is 14.4. The average Bonchev–Trinajstić information content (AvgIpc) is 2.94. The smallest absolute Gasteiger partial charge is 0.244 e. The molecule has 0 aromatic heterocycles. The monoisotopic (exact) mass is 605 g/mol. The van der Waals surface area contributed by atoms with Gasteiger partial charge in [-0.05, 0) is 41.8 Å². The summed E-state index contributed by atoms with van der Waals surface area (Å²) in [5.41, 5.74) is 1.69. The lowest BCUT2D eigenvalue weighted by molar-refractivity contribution is -0.140. The maximum Gasteiger partial charge on any atom is 0.244 e. The first-order valence-corrected chi connectivity index (χ1v) is 15.3. The van der Waals surface area contributed by atoms with Gasteiger partial charge in [0.25, 0.3) is 0 Å². The Morgan fingerprint density at radius 2 is 1.62 bits per heavy atom. The standard InChI is InChI=1S/C29H33Cl2N3O5S/c1-4-16-32-29(36)26(18-21-10-6-5-7-11-21)33(19-22-14-15-23(30)24(31)17-22)28(35)20-34(40(3,37)38)25-12-8-9-13-27(25)39-2/h5-15,17,26H,4,16,18-20H2,1-3H3,(H,32,36). The van der Waals surface area contributed by atoms with Crippen molar-refractivity contribution < 1.29 is 22.7 Å². The van der Waals surface area contributed by atoms with Gasteiger partial charge >= 0.3 is 0 Å². The summed E-state index contributed by atoms with van der Waals surface area (Å²) in [6.45, 7) is 1.81. The van der Waals surface area contributed by atoms with Gasteiger partial charge in [-0.3, -0.25) is 13.9 Å². The summed E-state index contributed by atoms with van der Waals surface area (Å²) in [5, 5.41) is 3.55. The maximum atomic E-state index is 14.1. The number of para-hydroxylation sites is 2. The molecule has 3 aromatic carbocycles. The van der Waals surface area contributed by atoms with Crippen molar-refractivity contribution in [2.75, 3.05) is 30.8 Å². The number of sulfonamides is 1. The van der Waals surface area contributed by atoms with E-state index >= 15 is 0 Å². The predicted molar refractivity (Wildman–Crippen MR) is 159 cm³/mol. The molecule has 0 bridgehead atoms. The van der Waals surface area contributed by atoms with Crippen molar-refractivity contribution in [1.29, 1.82) is 0 Å². The van der Waals surface area contributed by atoms with E-state index in [1.165, 1.54) is 12.0 Å². The van der Waals surface area contributed by atoms with Crippen LogP contribution in [-0.4, -0.2) is 57.6 Å². The van der Waals surface area contributed by atoms with E-state index in [1.807, 2.05) is 37.3 Å². The largest absolute Gasteiger partial charge is 0.495 e. The number of carbonyl (C=O) groups excluding carboxylic acids is 2. The lowest BCUT2D eigenvalue weighted by atomic mass is 10.0. The Kier molecular flexibility index (Phi) is 11.2. The molecule has 0 aliphatic carbocycles. The van der Waals surface area contributed by atoms with E-state index in [4.69, 9.17) is 27.9 Å². The van der Waals surface area contributed by atoms with E-state index in [9.17, 15) is 18.0 Å². The SMILES string of the molecule is CCCNC(=O)C(Cc1ccccc1)N(Cc1ccc(Cl)c(Cl)c1)C(=O)CN(c1ccccc1OC)S(C)(=O)=O. The van der Waals surface area contributed by atoms with Gasteiger partial charge in [0, 0.05) is 19.5 Å². The van der Waals surface area contributed by atoms with Gasteiger partial charge in [-0.2, -0.15) is 0 Å². The highest BCUT2D eigenvalue weighted by Crippen LogP contribution is 2.30. The number of nitrogens with one attached hydrogen (secondary N) is 1. The maximum absolute atomic E-state index is 14.1. The number of hydrogen-bond donors (Lipinski definition) is 1. The molecule has 0 saturated heterocycles. The highest BCUT2D eigenvalue weighted by atomic mass is 35.5. The zero-order valence-electron chi connectivity index (χ0n) is 22.6. The number of hydrogen-bond acceptors (Lipinski definition) is 5. The second-order valence-corrected chi connectivity index (χ2v) is 11.9. The average molecular weight is 607 g/mol. The van der Waals surface area contributed by atoms with E-state index in [0.29, 0.717) is 34.3 Å². The van der Waals surface area contributed by atoms with Crippen molar-refractivity contribution in [2.45, 2.75) is 32.4 Å². The molecule has 3 rings (SSSR count). The minimum Gasteiger partial charge on any atom is -0.495 e. The van der Waals surface area contributed by atoms with E-state index in [2.05, 4.69) is 5.32 Å². The number of anilines is 1. The molecule has 1 N–H and O–H groups in total. The van der Waals surface area contributed by atoms with Crippen LogP contribution in [0.4, 0.5) is 5.69 Å². The Morgan fingerprint density at radius 3 is 2.25 bits per heavy atom. The number of rotatable bonds is 13. The highest BCUT2D eigenvalue weighted by Gasteiger charge is 2.33. The number of amides is 2. The normalized spacial score (nSPS) is 11.9. The Hall–Kier alpha value is -3.27. The van der Waals surface area contributed by atoms with Gasteiger partial charge in [0.05, 0.1) is 29.1 Å². The van der Waals surface area contributed by atoms with E-state index in [0.717, 1.165) is 16.1 Å². The van der Waals surface area contributed by atoms with E-state index < -0.39 is 28.5 Å². The van der Waals surface area contributed by atoms with Crippen LogP contribution in [0.25, 0.3) is 0 Å². The minimum absolute atomic E-state index is 0.00368. The van der Waals surface area contributed by atoms with Crippen LogP contribution >= 0.6 is 23.2 Å². The first-order valence-electron chi connectivity index (χ1n) is 12.7. The first-order chi connectivity index (χ1) is 19.0. The Morgan fingerprint density at radius 1 is 0.950 bits per heavy atom. The molecule has 11 heteroatoms.